The molecule has 0 saturated carbocycles. The van der Waals surface area contributed by atoms with E-state index in [4.69, 9.17) is 34.5 Å². The van der Waals surface area contributed by atoms with Crippen molar-refractivity contribution in [2.45, 2.75) is 159 Å². The van der Waals surface area contributed by atoms with Gasteiger partial charge in [0.1, 0.15) is 6.10 Å². The Morgan fingerprint density at radius 1 is 0.646 bits per heavy atom. The van der Waals surface area contributed by atoms with Crippen LogP contribution in [0.2, 0.25) is 102 Å². The minimum absolute atomic E-state index is 0.0833. The second-order valence-electron chi connectivity index (χ2n) is 17.6. The minimum Gasteiger partial charge on any atom is -0.394 e. The Balaban J connectivity index is 0. The Morgan fingerprint density at radius 3 is 1.60 bits per heavy atom. The first-order valence-electron chi connectivity index (χ1n) is 19.3. The van der Waals surface area contributed by atoms with Crippen LogP contribution in [0.3, 0.4) is 0 Å². The molecule has 1 aliphatic heterocycles. The predicted molar refractivity (Wildman–Crippen MR) is 219 cm³/mol. The fourth-order valence-electron chi connectivity index (χ4n) is 4.74. The number of aliphatic hydroxyl groups is 2. The molecule has 1 rings (SSSR count). The van der Waals surface area contributed by atoms with Crippen LogP contribution < -0.4 is 5.73 Å². The van der Waals surface area contributed by atoms with Crippen molar-refractivity contribution in [2.24, 2.45) is 5.73 Å². The molecular weight excluding hydrogens is 671 g/mol. The quantitative estimate of drug-likeness (QED) is 0.0398. The maximum absolute atomic E-state index is 9.93. The number of hydrogen-bond acceptors (Lipinski definition) is 8. The Kier molecular flexibility index (Phi) is 31.7. The van der Waals surface area contributed by atoms with Crippen LogP contribution >= 0.6 is 0 Å². The summed E-state index contributed by atoms with van der Waals surface area (Å²) < 4.78 is 26.6. The summed E-state index contributed by atoms with van der Waals surface area (Å²) in [5.41, 5.74) is 5.06. The van der Waals surface area contributed by atoms with E-state index >= 15 is 0 Å². The van der Waals surface area contributed by atoms with E-state index in [1.807, 2.05) is 0 Å². The number of unbranched alkanes of at least 4 members (excludes halogenated alkanes) is 1. The summed E-state index contributed by atoms with van der Waals surface area (Å²) in [5.74, 6) is 0. The zero-order chi connectivity index (χ0) is 37.0. The Hall–Kier alpha value is 0.548. The van der Waals surface area contributed by atoms with Gasteiger partial charge in [0.15, 0.2) is 0 Å². The van der Waals surface area contributed by atoms with Crippen molar-refractivity contribution in [3.63, 3.8) is 0 Å². The van der Waals surface area contributed by atoms with Crippen LogP contribution in [-0.2, 0) is 23.7 Å². The third kappa shape index (κ3) is 42.7. The molecule has 4 N–H and O–H groups in total. The highest BCUT2D eigenvalue weighted by atomic mass is 28.3. The highest BCUT2D eigenvalue weighted by molar-refractivity contribution is 6.82. The van der Waals surface area contributed by atoms with Crippen LogP contribution in [0, 0.1) is 0 Å². The molecule has 0 aliphatic carbocycles. The molecule has 2 unspecified atom stereocenters. The van der Waals surface area contributed by atoms with Crippen molar-refractivity contribution in [2.75, 3.05) is 72.6 Å². The summed E-state index contributed by atoms with van der Waals surface area (Å²) in [6.07, 6.45) is 6.47. The highest BCUT2D eigenvalue weighted by Crippen LogP contribution is 2.25. The molecule has 0 aromatic rings. The first-order valence-corrected chi connectivity index (χ1v) is 33.5. The fourth-order valence-corrected chi connectivity index (χ4v) is 18.9. The number of nitrogens with two attached hydrogens (primary N) is 1. The van der Waals surface area contributed by atoms with Gasteiger partial charge in [0.2, 0.25) is 0 Å². The van der Waals surface area contributed by atoms with Gasteiger partial charge in [-0.05, 0) is 38.5 Å². The van der Waals surface area contributed by atoms with Gasteiger partial charge >= 0.3 is 0 Å². The van der Waals surface area contributed by atoms with Gasteiger partial charge < -0.3 is 39.6 Å². The van der Waals surface area contributed by atoms with E-state index in [0.29, 0.717) is 32.5 Å². The van der Waals surface area contributed by atoms with Crippen LogP contribution in [0.1, 0.15) is 45.4 Å². The van der Waals surface area contributed by atoms with Crippen LogP contribution in [-0.4, -0.2) is 127 Å². The maximum atomic E-state index is 9.93. The lowest BCUT2D eigenvalue weighted by Gasteiger charge is -2.26. The van der Waals surface area contributed by atoms with Crippen molar-refractivity contribution in [3.8, 4) is 0 Å². The third-order valence-corrected chi connectivity index (χ3v) is 19.4. The molecule has 1 aliphatic rings. The summed E-state index contributed by atoms with van der Waals surface area (Å²) in [4.78, 5) is 0. The zero-order valence-electron chi connectivity index (χ0n) is 33.9. The van der Waals surface area contributed by atoms with Gasteiger partial charge in [-0.2, -0.15) is 0 Å². The number of rotatable bonds is 29. The van der Waals surface area contributed by atoms with E-state index < -0.39 is 32.3 Å². The molecule has 8 nitrogen and oxygen atoms in total. The van der Waals surface area contributed by atoms with Crippen LogP contribution in [0.25, 0.3) is 0 Å². The monoisotopic (exact) mass is 756 g/mol. The average Bonchev–Trinajstić information content (AvgIpc) is 3.82. The van der Waals surface area contributed by atoms with Crippen molar-refractivity contribution in [1.82, 2.24) is 0 Å². The van der Waals surface area contributed by atoms with Crippen molar-refractivity contribution in [3.05, 3.63) is 0 Å². The molecule has 1 heterocycles. The van der Waals surface area contributed by atoms with Gasteiger partial charge in [0.05, 0.1) is 45.7 Å². The van der Waals surface area contributed by atoms with Gasteiger partial charge in [0, 0.05) is 65.3 Å². The van der Waals surface area contributed by atoms with Crippen molar-refractivity contribution in [1.29, 1.82) is 0 Å². The lowest BCUT2D eigenvalue weighted by atomic mass is 10.2. The molecule has 0 amide bonds. The Bertz CT molecular complexity index is 699. The molecular formula is C36H85NO7Si4. The molecule has 0 radical (unpaired) electrons. The van der Waals surface area contributed by atoms with E-state index in [9.17, 15) is 5.11 Å². The summed E-state index contributed by atoms with van der Waals surface area (Å²) in [5, 5.41) is 18.1. The minimum atomic E-state index is -1.05. The standard InChI is InChI=1S/C19H44O3Si2.C13H30O2Si2.C4H11NO2/c1-7-12-21-13-9-8-11-19(20)18-22-14-10-15-24(5,6)17-16-23(2,3)4;1-16(2,3)9-10-17(4,5)8-6-7-14-11-13-12-15-13;5-1-3-7-4-2-6/h19-20H,7-18H2,1-6H3;13H,6-12H2,1-5H3;6H,1-5H2. The molecule has 0 aromatic carbocycles. The first kappa shape index (κ1) is 50.7. The van der Waals surface area contributed by atoms with E-state index in [1.165, 1.54) is 42.7 Å². The molecule has 1 saturated heterocycles. The predicted octanol–water partition coefficient (Wildman–Crippen LogP) is 8.19. The normalized spacial score (nSPS) is 15.8. The topological polar surface area (TPSA) is 116 Å². The molecule has 0 aromatic heterocycles. The molecule has 2 atom stereocenters. The maximum Gasteiger partial charge on any atom is 0.104 e. The molecule has 292 valence electrons. The summed E-state index contributed by atoms with van der Waals surface area (Å²) in [6, 6.07) is 8.71. The van der Waals surface area contributed by atoms with E-state index in [0.717, 1.165) is 71.7 Å². The van der Waals surface area contributed by atoms with Gasteiger partial charge in [0.25, 0.3) is 0 Å². The summed E-state index contributed by atoms with van der Waals surface area (Å²) in [6.45, 7) is 34.3. The zero-order valence-corrected chi connectivity index (χ0v) is 37.9. The van der Waals surface area contributed by atoms with E-state index in [1.54, 1.807) is 0 Å². The molecule has 0 bridgehead atoms. The molecule has 12 heteroatoms. The van der Waals surface area contributed by atoms with Gasteiger partial charge in [-0.15, -0.1) is 0 Å². The van der Waals surface area contributed by atoms with Crippen molar-refractivity contribution < 1.29 is 33.9 Å². The van der Waals surface area contributed by atoms with Gasteiger partial charge in [-0.1, -0.05) is 109 Å². The summed E-state index contributed by atoms with van der Waals surface area (Å²) >= 11 is 0. The van der Waals surface area contributed by atoms with Crippen LogP contribution in [0.5, 0.6) is 0 Å². The second kappa shape index (κ2) is 30.1. The van der Waals surface area contributed by atoms with Crippen LogP contribution in [0.4, 0.5) is 0 Å². The SMILES string of the molecule is CCCOCCCCC(O)COCCC[Si](C)(C)CC[Si](C)(C)C.C[Si](C)(C)CC[Si](C)(C)CCCOCC1CO1.NCCOCCO. The molecule has 48 heavy (non-hydrogen) atoms. The number of ether oxygens (including phenoxy) is 5. The lowest BCUT2D eigenvalue weighted by Crippen LogP contribution is -2.30. The first-order chi connectivity index (χ1) is 22.4. The average molecular weight is 756 g/mol. The third-order valence-electron chi connectivity index (χ3n) is 8.33. The Labute approximate surface area is 303 Å². The number of aliphatic hydroxyl groups excluding tert-OH is 2. The summed E-state index contributed by atoms with van der Waals surface area (Å²) in [7, 11) is -3.74. The number of hydrogen-bond donors (Lipinski definition) is 3. The van der Waals surface area contributed by atoms with Gasteiger partial charge in [-0.25, -0.2) is 0 Å². The van der Waals surface area contributed by atoms with Crippen molar-refractivity contribution >= 4 is 32.3 Å². The fraction of sp³-hybridized carbons (Fsp3) is 1.00. The highest BCUT2D eigenvalue weighted by Gasteiger charge is 2.26. The molecule has 1 fully saturated rings. The molecule has 0 spiro atoms. The van der Waals surface area contributed by atoms with E-state index in [2.05, 4.69) is 72.4 Å². The number of epoxide rings is 1. The lowest BCUT2D eigenvalue weighted by molar-refractivity contribution is 0.0300. The largest absolute Gasteiger partial charge is 0.394 e. The van der Waals surface area contributed by atoms with E-state index in [-0.39, 0.29) is 12.7 Å². The van der Waals surface area contributed by atoms with Crippen LogP contribution in [0.15, 0.2) is 0 Å². The second-order valence-corrected chi connectivity index (χ2v) is 39.5. The van der Waals surface area contributed by atoms with Gasteiger partial charge in [-0.3, -0.25) is 0 Å². The smallest absolute Gasteiger partial charge is 0.104 e. The Morgan fingerprint density at radius 2 is 1.15 bits per heavy atom.